The van der Waals surface area contributed by atoms with Gasteiger partial charge >= 0.3 is 6.18 Å². The Balaban J connectivity index is 2.57. The van der Waals surface area contributed by atoms with E-state index in [1.165, 1.54) is 19.2 Å². The molecule has 2 rings (SSSR count). The molecule has 0 saturated carbocycles. The van der Waals surface area contributed by atoms with E-state index in [-0.39, 0.29) is 29.4 Å². The Morgan fingerprint density at radius 1 is 1.30 bits per heavy atom. The summed E-state index contributed by atoms with van der Waals surface area (Å²) in [7, 11) is 1.36. The summed E-state index contributed by atoms with van der Waals surface area (Å²) < 4.78 is 44.3. The second-order valence-electron chi connectivity index (χ2n) is 4.62. The van der Waals surface area contributed by atoms with E-state index in [1.807, 2.05) is 0 Å². The van der Waals surface area contributed by atoms with Crippen molar-refractivity contribution in [3.05, 3.63) is 12.1 Å². The molecule has 0 aliphatic carbocycles. The van der Waals surface area contributed by atoms with Crippen molar-refractivity contribution in [3.8, 4) is 5.75 Å². The van der Waals surface area contributed by atoms with Crippen molar-refractivity contribution in [1.82, 2.24) is 5.01 Å². The first-order chi connectivity index (χ1) is 10.7. The molecule has 1 aromatic rings. The van der Waals surface area contributed by atoms with Gasteiger partial charge in [0.2, 0.25) is 0 Å². The highest BCUT2D eigenvalue weighted by Crippen LogP contribution is 2.34. The molecule has 0 saturated heterocycles. The Bertz CT molecular complexity index is 710. The van der Waals surface area contributed by atoms with Crippen LogP contribution in [0.5, 0.6) is 5.75 Å². The first kappa shape index (κ1) is 16.6. The van der Waals surface area contributed by atoms with Gasteiger partial charge < -0.3 is 16.2 Å². The molecule has 0 atom stereocenters. The summed E-state index contributed by atoms with van der Waals surface area (Å²) in [5.74, 6) is -0.226. The van der Waals surface area contributed by atoms with Crippen molar-refractivity contribution in [2.45, 2.75) is 13.1 Å². The number of anilines is 2. The zero-order valence-corrected chi connectivity index (χ0v) is 12.4. The lowest BCUT2D eigenvalue weighted by molar-refractivity contribution is -0.0570. The highest BCUT2D eigenvalue weighted by molar-refractivity contribution is 6.70. The lowest BCUT2D eigenvalue weighted by Gasteiger charge is -2.11. The number of rotatable bonds is 3. The van der Waals surface area contributed by atoms with Gasteiger partial charge in [-0.05, 0) is 13.0 Å². The number of nitrogen functional groups attached to an aromatic ring is 2. The number of benzene rings is 1. The van der Waals surface area contributed by atoms with Gasteiger partial charge in [-0.15, -0.1) is 0 Å². The molecule has 0 fully saturated rings. The van der Waals surface area contributed by atoms with Crippen molar-refractivity contribution in [2.75, 3.05) is 25.1 Å². The van der Waals surface area contributed by atoms with Crippen LogP contribution in [0.15, 0.2) is 22.2 Å². The van der Waals surface area contributed by atoms with Gasteiger partial charge in [0.1, 0.15) is 11.5 Å². The van der Waals surface area contributed by atoms with Gasteiger partial charge in [0.05, 0.1) is 24.2 Å². The Labute approximate surface area is 129 Å². The minimum atomic E-state index is -4.73. The Hall–Kier alpha value is -2.78. The average Bonchev–Trinajstić information content (AvgIpc) is 2.78. The smallest absolute Gasteiger partial charge is 0.437 e. The topological polar surface area (TPSA) is 113 Å². The largest absolute Gasteiger partial charge is 0.495 e. The third-order valence-corrected chi connectivity index (χ3v) is 3.11. The molecule has 1 aromatic carbocycles. The fraction of sp³-hybridized carbons (Fsp3) is 0.308. The number of methoxy groups -OCH3 is 1. The van der Waals surface area contributed by atoms with Crippen LogP contribution in [0.3, 0.4) is 0 Å². The SMILES string of the molecule is CCN1N=C(C(F)(F)F)C(=Nc2cc(OC)c(N)cc2N)C1=N. The fourth-order valence-corrected chi connectivity index (χ4v) is 1.98. The number of ether oxygens (including phenoxy) is 1. The van der Waals surface area contributed by atoms with E-state index in [2.05, 4.69) is 10.1 Å². The Morgan fingerprint density at radius 2 is 1.96 bits per heavy atom. The Kier molecular flexibility index (Phi) is 4.17. The van der Waals surface area contributed by atoms with Crippen LogP contribution in [-0.4, -0.2) is 42.1 Å². The van der Waals surface area contributed by atoms with E-state index in [0.29, 0.717) is 0 Å². The maximum atomic E-state index is 13.1. The number of halogens is 3. The van der Waals surface area contributed by atoms with Crippen LogP contribution in [0.4, 0.5) is 30.2 Å². The van der Waals surface area contributed by atoms with Crippen LogP contribution in [0.2, 0.25) is 0 Å². The predicted octanol–water partition coefficient (Wildman–Crippen LogP) is 2.16. The maximum Gasteiger partial charge on any atom is 0.437 e. The number of alkyl halides is 3. The summed E-state index contributed by atoms with van der Waals surface area (Å²) >= 11 is 0. The zero-order chi connectivity index (χ0) is 17.4. The summed E-state index contributed by atoms with van der Waals surface area (Å²) in [6.07, 6.45) is -4.73. The van der Waals surface area contributed by atoms with Crippen molar-refractivity contribution in [3.63, 3.8) is 0 Å². The van der Waals surface area contributed by atoms with Crippen molar-refractivity contribution < 1.29 is 17.9 Å². The van der Waals surface area contributed by atoms with Crippen LogP contribution < -0.4 is 16.2 Å². The molecule has 10 heteroatoms. The molecule has 23 heavy (non-hydrogen) atoms. The normalized spacial score (nSPS) is 16.9. The van der Waals surface area contributed by atoms with E-state index in [0.717, 1.165) is 5.01 Å². The molecule has 0 bridgehead atoms. The molecule has 7 nitrogen and oxygen atoms in total. The third-order valence-electron chi connectivity index (χ3n) is 3.11. The number of hydrazone groups is 1. The third kappa shape index (κ3) is 3.05. The average molecular weight is 328 g/mol. The molecule has 1 aliphatic rings. The van der Waals surface area contributed by atoms with Gasteiger partial charge in [-0.1, -0.05) is 0 Å². The summed E-state index contributed by atoms with van der Waals surface area (Å²) in [6, 6.07) is 2.65. The number of nitrogens with two attached hydrogens (primary N) is 2. The van der Waals surface area contributed by atoms with Crippen LogP contribution in [-0.2, 0) is 0 Å². The number of amidine groups is 1. The van der Waals surface area contributed by atoms with E-state index in [1.54, 1.807) is 6.92 Å². The molecule has 1 heterocycles. The van der Waals surface area contributed by atoms with Crippen LogP contribution in [0.1, 0.15) is 6.92 Å². The lowest BCUT2D eigenvalue weighted by Crippen LogP contribution is -2.33. The van der Waals surface area contributed by atoms with Crippen molar-refractivity contribution in [1.29, 1.82) is 5.41 Å². The van der Waals surface area contributed by atoms with Gasteiger partial charge in [-0.2, -0.15) is 18.3 Å². The number of aliphatic imine (C=N–C) groups is 1. The van der Waals surface area contributed by atoms with Gasteiger partial charge in [0.15, 0.2) is 11.5 Å². The van der Waals surface area contributed by atoms with Crippen LogP contribution >= 0.6 is 0 Å². The molecule has 0 radical (unpaired) electrons. The zero-order valence-electron chi connectivity index (χ0n) is 12.4. The van der Waals surface area contributed by atoms with Crippen LogP contribution in [0.25, 0.3) is 0 Å². The first-order valence-corrected chi connectivity index (χ1v) is 6.53. The molecule has 0 amide bonds. The van der Waals surface area contributed by atoms with E-state index < -0.39 is 23.4 Å². The van der Waals surface area contributed by atoms with Crippen molar-refractivity contribution >= 4 is 34.3 Å². The fourth-order valence-electron chi connectivity index (χ4n) is 1.98. The summed E-state index contributed by atoms with van der Waals surface area (Å²) in [5, 5.41) is 12.1. The first-order valence-electron chi connectivity index (χ1n) is 6.53. The second kappa shape index (κ2) is 5.78. The number of hydrogen-bond acceptors (Lipinski definition) is 6. The number of nitrogens with one attached hydrogen (secondary N) is 1. The van der Waals surface area contributed by atoms with Gasteiger partial charge in [-0.25, -0.2) is 10.0 Å². The standard InChI is InChI=1S/C13H15F3N6O/c1-3-22-12(19)10(11(21-22)13(14,15)16)20-8-5-9(23-2)7(18)4-6(8)17/h4-5,19H,3,17-18H2,1-2H3. The second-order valence-corrected chi connectivity index (χ2v) is 4.62. The quantitative estimate of drug-likeness (QED) is 0.738. The summed E-state index contributed by atoms with van der Waals surface area (Å²) in [6.45, 7) is 1.69. The summed E-state index contributed by atoms with van der Waals surface area (Å²) in [5.41, 5.74) is 9.90. The van der Waals surface area contributed by atoms with Crippen molar-refractivity contribution in [2.24, 2.45) is 10.1 Å². The predicted molar refractivity (Wildman–Crippen MR) is 82.5 cm³/mol. The highest BCUT2D eigenvalue weighted by atomic mass is 19.4. The minimum Gasteiger partial charge on any atom is -0.495 e. The van der Waals surface area contributed by atoms with Gasteiger partial charge in [-0.3, -0.25) is 5.41 Å². The molecule has 0 unspecified atom stereocenters. The van der Waals surface area contributed by atoms with E-state index in [9.17, 15) is 13.2 Å². The lowest BCUT2D eigenvalue weighted by atomic mass is 10.2. The van der Waals surface area contributed by atoms with Gasteiger partial charge in [0, 0.05) is 12.6 Å². The Morgan fingerprint density at radius 3 is 2.48 bits per heavy atom. The molecule has 5 N–H and O–H groups in total. The molecule has 0 aromatic heterocycles. The number of nitrogens with zero attached hydrogens (tertiary/aromatic N) is 3. The maximum absolute atomic E-state index is 13.1. The molecular formula is C13H15F3N6O. The van der Waals surface area contributed by atoms with Crippen LogP contribution in [0, 0.1) is 5.41 Å². The number of hydrogen-bond donors (Lipinski definition) is 3. The van der Waals surface area contributed by atoms with Gasteiger partial charge in [0.25, 0.3) is 0 Å². The molecular weight excluding hydrogens is 313 g/mol. The minimum absolute atomic E-state index is 0.0192. The molecule has 1 aliphatic heterocycles. The monoisotopic (exact) mass is 328 g/mol. The van der Waals surface area contributed by atoms with E-state index >= 15 is 0 Å². The molecule has 124 valence electrons. The molecule has 0 spiro atoms. The highest BCUT2D eigenvalue weighted by Gasteiger charge is 2.46. The summed E-state index contributed by atoms with van der Waals surface area (Å²) in [4.78, 5) is 3.87. The van der Waals surface area contributed by atoms with E-state index in [4.69, 9.17) is 21.6 Å².